The van der Waals surface area contributed by atoms with Gasteiger partial charge < -0.3 is 9.80 Å². The summed E-state index contributed by atoms with van der Waals surface area (Å²) in [4.78, 5) is 23.1. The van der Waals surface area contributed by atoms with Crippen molar-refractivity contribution < 1.29 is 0 Å². The summed E-state index contributed by atoms with van der Waals surface area (Å²) in [6.45, 7) is 4.70. The molecule has 166 valence electrons. The van der Waals surface area contributed by atoms with Gasteiger partial charge in [-0.3, -0.25) is 9.12 Å². The van der Waals surface area contributed by atoms with E-state index in [1.165, 1.54) is 17.5 Å². The van der Waals surface area contributed by atoms with Crippen molar-refractivity contribution in [2.24, 2.45) is 0 Å². The second-order valence-electron chi connectivity index (χ2n) is 7.51. The highest BCUT2D eigenvalue weighted by molar-refractivity contribution is 7.97. The van der Waals surface area contributed by atoms with Crippen LogP contribution in [0, 0.1) is 0 Å². The largest absolute Gasteiger partial charge is 0.351 e. The third-order valence-electron chi connectivity index (χ3n) is 5.39. The highest BCUT2D eigenvalue weighted by atomic mass is 35.5. The van der Waals surface area contributed by atoms with Gasteiger partial charge in [-0.05, 0) is 30.6 Å². The number of piperazine rings is 1. The zero-order valence-corrected chi connectivity index (χ0v) is 19.4. The van der Waals surface area contributed by atoms with Gasteiger partial charge in [0, 0.05) is 51.3 Å². The lowest BCUT2D eigenvalue weighted by molar-refractivity contribution is 0.312. The topological polar surface area (TPSA) is 74.5 Å². The van der Waals surface area contributed by atoms with Crippen molar-refractivity contribution in [1.82, 2.24) is 34.0 Å². The van der Waals surface area contributed by atoms with Gasteiger partial charge in [-0.25, -0.2) is 19.9 Å². The van der Waals surface area contributed by atoms with Gasteiger partial charge in [0.05, 0.1) is 17.6 Å². The third-order valence-corrected chi connectivity index (χ3v) is 6.06. The van der Waals surface area contributed by atoms with E-state index in [-0.39, 0.29) is 12.4 Å². The first-order chi connectivity index (χ1) is 15.3. The van der Waals surface area contributed by atoms with Crippen LogP contribution in [0.2, 0.25) is 0 Å². The highest BCUT2D eigenvalue weighted by Gasteiger charge is 2.20. The number of aromatic nitrogens is 5. The Kier molecular flexibility index (Phi) is 7.21. The number of hydrogen-bond acceptors (Lipinski definition) is 8. The van der Waals surface area contributed by atoms with Crippen LogP contribution in [0.5, 0.6) is 0 Å². The second kappa shape index (κ2) is 10.3. The molecule has 5 rings (SSSR count). The van der Waals surface area contributed by atoms with Crippen LogP contribution in [0.25, 0.3) is 17.0 Å². The van der Waals surface area contributed by atoms with E-state index in [1.807, 2.05) is 42.9 Å². The Hall–Kier alpha value is -2.72. The van der Waals surface area contributed by atoms with Crippen LogP contribution in [0.15, 0.2) is 66.3 Å². The minimum Gasteiger partial charge on any atom is -0.351 e. The number of imidazole rings is 1. The van der Waals surface area contributed by atoms with Gasteiger partial charge in [-0.15, -0.1) is 12.4 Å². The number of rotatable bonds is 6. The Morgan fingerprint density at radius 1 is 0.969 bits per heavy atom. The molecular formula is C22H25ClN8S. The molecule has 0 unspecified atom stereocenters. The number of likely N-dealkylation sites (N-methyl/N-ethyl adjacent to an activating group) is 1. The summed E-state index contributed by atoms with van der Waals surface area (Å²) in [5, 5.41) is 0.678. The van der Waals surface area contributed by atoms with Crippen LogP contribution >= 0.6 is 24.4 Å². The third kappa shape index (κ3) is 4.86. The number of fused-ring (bicyclic) bond motifs is 1. The summed E-state index contributed by atoms with van der Waals surface area (Å²) in [6, 6.07) is 12.2. The van der Waals surface area contributed by atoms with E-state index >= 15 is 0 Å². The molecule has 0 atom stereocenters. The molecule has 1 aliphatic rings. The van der Waals surface area contributed by atoms with Crippen molar-refractivity contribution in [3.8, 4) is 11.4 Å². The molecule has 4 heterocycles. The molecule has 1 N–H and O–H groups in total. The number of nitrogens with zero attached hydrogens (tertiary/aromatic N) is 7. The number of benzene rings is 1. The minimum atomic E-state index is 0. The molecule has 1 aliphatic heterocycles. The molecule has 0 amide bonds. The van der Waals surface area contributed by atoms with Crippen LogP contribution < -0.4 is 9.62 Å². The van der Waals surface area contributed by atoms with Crippen molar-refractivity contribution in [2.45, 2.75) is 11.7 Å². The van der Waals surface area contributed by atoms with Crippen LogP contribution in [0.4, 0.5) is 5.82 Å². The van der Waals surface area contributed by atoms with Gasteiger partial charge in [-0.1, -0.05) is 30.3 Å². The Bertz CT molecular complexity index is 1160. The Morgan fingerprint density at radius 2 is 1.78 bits per heavy atom. The first-order valence-electron chi connectivity index (χ1n) is 10.3. The Balaban J connectivity index is 0.00000245. The number of anilines is 1. The highest BCUT2D eigenvalue weighted by Crippen LogP contribution is 2.25. The van der Waals surface area contributed by atoms with E-state index < -0.39 is 0 Å². The summed E-state index contributed by atoms with van der Waals surface area (Å²) in [5.74, 6) is 0.926. The van der Waals surface area contributed by atoms with Crippen molar-refractivity contribution in [1.29, 1.82) is 0 Å². The molecule has 1 fully saturated rings. The fourth-order valence-electron chi connectivity index (χ4n) is 3.65. The molecule has 10 heteroatoms. The van der Waals surface area contributed by atoms with E-state index in [0.29, 0.717) is 5.16 Å². The Labute approximate surface area is 197 Å². The molecule has 4 aromatic rings. The average Bonchev–Trinajstić information content (AvgIpc) is 3.25. The summed E-state index contributed by atoms with van der Waals surface area (Å²) in [6.07, 6.45) is 7.44. The number of nitrogens with one attached hydrogen (secondary N) is 1. The molecule has 0 spiro atoms. The monoisotopic (exact) mass is 468 g/mol. The van der Waals surface area contributed by atoms with Crippen molar-refractivity contribution >= 4 is 35.8 Å². The Morgan fingerprint density at radius 3 is 2.59 bits per heavy atom. The summed E-state index contributed by atoms with van der Waals surface area (Å²) < 4.78 is 5.40. The molecule has 1 aromatic carbocycles. The van der Waals surface area contributed by atoms with Crippen LogP contribution in [0.3, 0.4) is 0 Å². The predicted octanol–water partition coefficient (Wildman–Crippen LogP) is 3.16. The minimum absolute atomic E-state index is 0. The smallest absolute Gasteiger partial charge is 0.203 e. The molecule has 1 saturated heterocycles. The lowest BCUT2D eigenvalue weighted by Crippen LogP contribution is -2.45. The SMILES string of the molecule is CN1CCN(c2nccn3c(-c4ccnc(SNCc5ccccc5)n4)cnc23)CC1.Cl. The van der Waals surface area contributed by atoms with Gasteiger partial charge in [0.25, 0.3) is 0 Å². The maximum Gasteiger partial charge on any atom is 0.203 e. The molecule has 0 aliphatic carbocycles. The van der Waals surface area contributed by atoms with Crippen LogP contribution in [-0.4, -0.2) is 62.5 Å². The van der Waals surface area contributed by atoms with Gasteiger partial charge >= 0.3 is 0 Å². The predicted molar refractivity (Wildman–Crippen MR) is 130 cm³/mol. The summed E-state index contributed by atoms with van der Waals surface area (Å²) >= 11 is 1.43. The molecule has 3 aromatic heterocycles. The van der Waals surface area contributed by atoms with Crippen molar-refractivity contribution in [2.75, 3.05) is 38.1 Å². The molecule has 0 bridgehead atoms. The quantitative estimate of drug-likeness (QED) is 0.341. The number of hydrogen-bond donors (Lipinski definition) is 1. The first-order valence-corrected chi connectivity index (χ1v) is 11.1. The van der Waals surface area contributed by atoms with E-state index in [4.69, 9.17) is 4.98 Å². The zero-order chi connectivity index (χ0) is 21.0. The number of halogens is 1. The lowest BCUT2D eigenvalue weighted by Gasteiger charge is -2.33. The fraction of sp³-hybridized carbons (Fsp3) is 0.273. The lowest BCUT2D eigenvalue weighted by atomic mass is 10.2. The van der Waals surface area contributed by atoms with Gasteiger partial charge in [0.1, 0.15) is 0 Å². The van der Waals surface area contributed by atoms with Gasteiger partial charge in [-0.2, -0.15) is 0 Å². The van der Waals surface area contributed by atoms with Crippen LogP contribution in [-0.2, 0) is 6.54 Å². The maximum atomic E-state index is 4.74. The summed E-state index contributed by atoms with van der Waals surface area (Å²) in [7, 11) is 2.15. The van der Waals surface area contributed by atoms with Gasteiger partial charge in [0.15, 0.2) is 11.5 Å². The second-order valence-corrected chi connectivity index (χ2v) is 8.37. The molecule has 32 heavy (non-hydrogen) atoms. The molecule has 0 saturated carbocycles. The zero-order valence-electron chi connectivity index (χ0n) is 17.8. The normalized spacial score (nSPS) is 14.5. The standard InChI is InChI=1S/C22H24N8S.ClH/c1-28-11-13-29(14-12-28)20-21-25-16-19(30(21)10-9-23-20)18-7-8-24-22(27-18)31-26-15-17-5-3-2-4-6-17;/h2-10,16,26H,11-15H2,1H3;1H. The van der Waals surface area contributed by atoms with E-state index in [1.54, 1.807) is 6.20 Å². The van der Waals surface area contributed by atoms with E-state index in [0.717, 1.165) is 55.6 Å². The summed E-state index contributed by atoms with van der Waals surface area (Å²) in [5.41, 5.74) is 3.84. The van der Waals surface area contributed by atoms with Crippen LogP contribution in [0.1, 0.15) is 5.56 Å². The maximum absolute atomic E-state index is 4.74. The van der Waals surface area contributed by atoms with Crippen molar-refractivity contribution in [3.05, 3.63) is 66.7 Å². The fourth-order valence-corrected chi connectivity index (χ4v) is 4.27. The van der Waals surface area contributed by atoms with E-state index in [2.05, 4.69) is 53.1 Å². The van der Waals surface area contributed by atoms with E-state index in [9.17, 15) is 0 Å². The first kappa shape index (κ1) is 22.5. The van der Waals surface area contributed by atoms with Gasteiger partial charge in [0.2, 0.25) is 5.16 Å². The van der Waals surface area contributed by atoms with Crippen molar-refractivity contribution in [3.63, 3.8) is 0 Å². The molecular weight excluding hydrogens is 444 g/mol. The molecule has 8 nitrogen and oxygen atoms in total. The molecule has 0 radical (unpaired) electrons. The average molecular weight is 469 g/mol.